The maximum atomic E-state index is 13.7. The van der Waals surface area contributed by atoms with Gasteiger partial charge in [0.05, 0.1) is 5.69 Å². The Bertz CT molecular complexity index is 514. The van der Waals surface area contributed by atoms with Gasteiger partial charge in [0.2, 0.25) is 5.89 Å². The van der Waals surface area contributed by atoms with Crippen LogP contribution in [-0.2, 0) is 6.42 Å². The van der Waals surface area contributed by atoms with Crippen LogP contribution in [-0.4, -0.2) is 23.3 Å². The molecule has 0 radical (unpaired) electrons. The van der Waals surface area contributed by atoms with E-state index in [-0.39, 0.29) is 11.8 Å². The molecule has 2 aromatic rings. The van der Waals surface area contributed by atoms with Crippen molar-refractivity contribution < 1.29 is 8.81 Å². The predicted molar refractivity (Wildman–Crippen MR) is 66.1 cm³/mol. The lowest BCUT2D eigenvalue weighted by molar-refractivity contribution is 0.494. The molecular formula is C12H15FN4O. The van der Waals surface area contributed by atoms with Crippen LogP contribution in [0.1, 0.15) is 12.8 Å². The maximum Gasteiger partial charge on any atom is 0.322 e. The molecule has 0 aliphatic rings. The third kappa shape index (κ3) is 2.48. The smallest absolute Gasteiger partial charge is 0.322 e. The van der Waals surface area contributed by atoms with Gasteiger partial charge in [0.15, 0.2) is 0 Å². The predicted octanol–water partition coefficient (Wildman–Crippen LogP) is 1.87. The zero-order chi connectivity index (χ0) is 13.0. The van der Waals surface area contributed by atoms with Gasteiger partial charge in [0.1, 0.15) is 5.82 Å². The molecule has 0 spiro atoms. The van der Waals surface area contributed by atoms with E-state index < -0.39 is 0 Å². The molecule has 2 N–H and O–H groups in total. The van der Waals surface area contributed by atoms with Crippen molar-refractivity contribution in [3.63, 3.8) is 0 Å². The number of rotatable bonds is 5. The number of hydrogen-bond donors (Lipinski definition) is 1. The minimum atomic E-state index is -0.321. The second-order valence-electron chi connectivity index (χ2n) is 3.71. The lowest BCUT2D eigenvalue weighted by Crippen LogP contribution is -2.17. The van der Waals surface area contributed by atoms with Gasteiger partial charge in [-0.2, -0.15) is 0 Å². The van der Waals surface area contributed by atoms with Gasteiger partial charge in [-0.1, -0.05) is 17.2 Å². The summed E-state index contributed by atoms with van der Waals surface area (Å²) in [4.78, 5) is 1.63. The zero-order valence-corrected chi connectivity index (χ0v) is 10.1. The molecule has 0 amide bonds. The van der Waals surface area contributed by atoms with Crippen molar-refractivity contribution in [2.75, 3.05) is 18.0 Å². The molecule has 0 saturated heterocycles. The molecular weight excluding hydrogens is 235 g/mol. The van der Waals surface area contributed by atoms with Gasteiger partial charge in [-0.05, 0) is 19.1 Å². The van der Waals surface area contributed by atoms with Crippen molar-refractivity contribution in [2.24, 2.45) is 5.73 Å². The van der Waals surface area contributed by atoms with E-state index in [9.17, 15) is 4.39 Å². The summed E-state index contributed by atoms with van der Waals surface area (Å²) in [5.74, 6) is 0.139. The van der Waals surface area contributed by atoms with Crippen molar-refractivity contribution in [2.45, 2.75) is 13.3 Å². The fraction of sp³-hybridized carbons (Fsp3) is 0.333. The summed E-state index contributed by atoms with van der Waals surface area (Å²) >= 11 is 0. The molecule has 0 unspecified atom stereocenters. The normalized spacial score (nSPS) is 10.6. The first kappa shape index (κ1) is 12.5. The molecule has 1 aromatic heterocycles. The molecule has 6 heteroatoms. The molecule has 0 fully saturated rings. The van der Waals surface area contributed by atoms with Gasteiger partial charge >= 0.3 is 6.01 Å². The lowest BCUT2D eigenvalue weighted by Gasteiger charge is -2.18. The Kier molecular flexibility index (Phi) is 3.88. The maximum absolute atomic E-state index is 13.7. The van der Waals surface area contributed by atoms with Crippen molar-refractivity contribution in [3.05, 3.63) is 36.0 Å². The van der Waals surface area contributed by atoms with Crippen LogP contribution in [0.4, 0.5) is 16.1 Å². The SMILES string of the molecule is CCN(c1nnc(CCN)o1)c1ccccc1F. The van der Waals surface area contributed by atoms with Crippen LogP contribution in [0.5, 0.6) is 0 Å². The molecule has 18 heavy (non-hydrogen) atoms. The van der Waals surface area contributed by atoms with Crippen molar-refractivity contribution in [1.82, 2.24) is 10.2 Å². The summed E-state index contributed by atoms with van der Waals surface area (Å²) in [5.41, 5.74) is 5.83. The van der Waals surface area contributed by atoms with Gasteiger partial charge in [-0.25, -0.2) is 4.39 Å². The minimum Gasteiger partial charge on any atom is -0.408 e. The molecule has 1 heterocycles. The minimum absolute atomic E-state index is 0.283. The van der Waals surface area contributed by atoms with E-state index >= 15 is 0 Å². The van der Waals surface area contributed by atoms with E-state index in [1.165, 1.54) is 6.07 Å². The standard InChI is InChI=1S/C12H15FN4O/c1-2-17(10-6-4-3-5-9(10)13)12-16-15-11(18-12)7-8-14/h3-6H,2,7-8,14H2,1H3. The largest absolute Gasteiger partial charge is 0.408 e. The summed E-state index contributed by atoms with van der Waals surface area (Å²) in [6.45, 7) is 2.86. The van der Waals surface area contributed by atoms with Crippen LogP contribution in [0.3, 0.4) is 0 Å². The first-order chi connectivity index (χ1) is 8.76. The molecule has 0 aliphatic carbocycles. The van der Waals surface area contributed by atoms with E-state index in [0.717, 1.165) is 0 Å². The number of para-hydroxylation sites is 1. The van der Waals surface area contributed by atoms with Crippen LogP contribution >= 0.6 is 0 Å². The number of benzene rings is 1. The highest BCUT2D eigenvalue weighted by molar-refractivity contribution is 5.56. The van der Waals surface area contributed by atoms with Gasteiger partial charge in [-0.3, -0.25) is 4.90 Å². The number of halogens is 1. The van der Waals surface area contributed by atoms with E-state index in [4.69, 9.17) is 10.2 Å². The number of nitrogens with two attached hydrogens (primary N) is 1. The van der Waals surface area contributed by atoms with Crippen LogP contribution in [0.15, 0.2) is 28.7 Å². The highest BCUT2D eigenvalue weighted by Crippen LogP contribution is 2.26. The van der Waals surface area contributed by atoms with Gasteiger partial charge in [-0.15, -0.1) is 5.10 Å². The van der Waals surface area contributed by atoms with Gasteiger partial charge < -0.3 is 10.2 Å². The van der Waals surface area contributed by atoms with Crippen molar-refractivity contribution in [3.8, 4) is 0 Å². The second kappa shape index (κ2) is 5.59. The summed E-state index contributed by atoms with van der Waals surface area (Å²) in [6.07, 6.45) is 0.516. The molecule has 0 bridgehead atoms. The number of hydrogen-bond acceptors (Lipinski definition) is 5. The quantitative estimate of drug-likeness (QED) is 0.877. The topological polar surface area (TPSA) is 68.2 Å². The Morgan fingerprint density at radius 3 is 2.78 bits per heavy atom. The molecule has 0 aliphatic heterocycles. The van der Waals surface area contributed by atoms with Gasteiger partial charge in [0.25, 0.3) is 0 Å². The monoisotopic (exact) mass is 250 g/mol. The first-order valence-corrected chi connectivity index (χ1v) is 5.80. The summed E-state index contributed by atoms with van der Waals surface area (Å²) in [7, 11) is 0. The first-order valence-electron chi connectivity index (χ1n) is 5.80. The second-order valence-corrected chi connectivity index (χ2v) is 3.71. The number of anilines is 2. The average molecular weight is 250 g/mol. The molecule has 96 valence electrons. The van der Waals surface area contributed by atoms with E-state index in [1.54, 1.807) is 23.1 Å². The Labute approximate surface area is 104 Å². The summed E-state index contributed by atoms with van der Waals surface area (Å²) < 4.78 is 19.2. The van der Waals surface area contributed by atoms with Gasteiger partial charge in [0, 0.05) is 19.5 Å². The molecule has 5 nitrogen and oxygen atoms in total. The summed E-state index contributed by atoms with van der Waals surface area (Å²) in [5, 5.41) is 7.78. The fourth-order valence-electron chi connectivity index (χ4n) is 1.66. The lowest BCUT2D eigenvalue weighted by atomic mass is 10.3. The fourth-order valence-corrected chi connectivity index (χ4v) is 1.66. The highest BCUT2D eigenvalue weighted by Gasteiger charge is 2.17. The Hall–Kier alpha value is -1.95. The van der Waals surface area contributed by atoms with Crippen molar-refractivity contribution >= 4 is 11.7 Å². The molecule has 0 saturated carbocycles. The third-order valence-electron chi connectivity index (χ3n) is 2.50. The van der Waals surface area contributed by atoms with Crippen LogP contribution < -0.4 is 10.6 Å². The Morgan fingerprint density at radius 1 is 1.33 bits per heavy atom. The van der Waals surface area contributed by atoms with E-state index in [1.807, 2.05) is 6.92 Å². The molecule has 2 rings (SSSR count). The van der Waals surface area contributed by atoms with Crippen LogP contribution in [0.2, 0.25) is 0 Å². The van der Waals surface area contributed by atoms with E-state index in [2.05, 4.69) is 10.2 Å². The van der Waals surface area contributed by atoms with Crippen LogP contribution in [0, 0.1) is 5.82 Å². The highest BCUT2D eigenvalue weighted by atomic mass is 19.1. The zero-order valence-electron chi connectivity index (χ0n) is 10.1. The molecule has 1 aromatic carbocycles. The number of nitrogens with zero attached hydrogens (tertiary/aromatic N) is 3. The summed E-state index contributed by atoms with van der Waals surface area (Å²) in [6, 6.07) is 6.75. The molecule has 0 atom stereocenters. The Morgan fingerprint density at radius 2 is 2.11 bits per heavy atom. The number of aromatic nitrogens is 2. The van der Waals surface area contributed by atoms with Crippen LogP contribution in [0.25, 0.3) is 0 Å². The average Bonchev–Trinajstić information content (AvgIpc) is 2.82. The van der Waals surface area contributed by atoms with Crippen molar-refractivity contribution in [1.29, 1.82) is 0 Å². The van der Waals surface area contributed by atoms with E-state index in [0.29, 0.717) is 31.1 Å². The Balaban J connectivity index is 2.30. The third-order valence-corrected chi connectivity index (χ3v) is 2.50.